The topological polar surface area (TPSA) is 17.1 Å². The summed E-state index contributed by atoms with van der Waals surface area (Å²) in [5, 5.41) is 0.655. The van der Waals surface area contributed by atoms with Crippen molar-refractivity contribution in [1.29, 1.82) is 0 Å². The monoisotopic (exact) mass is 286 g/mol. The second-order valence-corrected chi connectivity index (χ2v) is 5.82. The van der Waals surface area contributed by atoms with Crippen molar-refractivity contribution in [2.75, 3.05) is 0 Å². The zero-order valence-electron chi connectivity index (χ0n) is 11.9. The molecule has 0 heterocycles. The van der Waals surface area contributed by atoms with E-state index in [0.717, 1.165) is 12.0 Å². The maximum absolute atomic E-state index is 12.5. The second kappa shape index (κ2) is 6.23. The molecule has 0 saturated carbocycles. The van der Waals surface area contributed by atoms with Crippen LogP contribution in [0.5, 0.6) is 0 Å². The highest BCUT2D eigenvalue weighted by Crippen LogP contribution is 2.32. The average Bonchev–Trinajstić information content (AvgIpc) is 2.48. The van der Waals surface area contributed by atoms with Crippen molar-refractivity contribution in [3.05, 3.63) is 70.7 Å². The van der Waals surface area contributed by atoms with E-state index in [2.05, 4.69) is 26.0 Å². The lowest BCUT2D eigenvalue weighted by molar-refractivity contribution is 0.0952. The lowest BCUT2D eigenvalue weighted by atomic mass is 9.75. The molecule has 1 atom stereocenters. The minimum absolute atomic E-state index is 0.127. The van der Waals surface area contributed by atoms with E-state index in [9.17, 15) is 4.79 Å². The highest BCUT2D eigenvalue weighted by Gasteiger charge is 2.27. The van der Waals surface area contributed by atoms with Gasteiger partial charge in [0, 0.05) is 17.0 Å². The van der Waals surface area contributed by atoms with Gasteiger partial charge in [-0.3, -0.25) is 4.79 Å². The molecule has 0 radical (unpaired) electrons. The van der Waals surface area contributed by atoms with Crippen molar-refractivity contribution in [3.8, 4) is 0 Å². The average molecular weight is 287 g/mol. The Balaban J connectivity index is 2.22. The van der Waals surface area contributed by atoms with Crippen molar-refractivity contribution < 1.29 is 4.79 Å². The van der Waals surface area contributed by atoms with Gasteiger partial charge in [-0.25, -0.2) is 0 Å². The van der Waals surface area contributed by atoms with Gasteiger partial charge in [0.25, 0.3) is 0 Å². The predicted octanol–water partition coefficient (Wildman–Crippen LogP) is 5.28. The van der Waals surface area contributed by atoms with Crippen LogP contribution < -0.4 is 0 Å². The lowest BCUT2D eigenvalue weighted by Crippen LogP contribution is -2.25. The van der Waals surface area contributed by atoms with E-state index in [-0.39, 0.29) is 11.2 Å². The van der Waals surface area contributed by atoms with Gasteiger partial charge in [0.1, 0.15) is 0 Å². The zero-order chi connectivity index (χ0) is 14.6. The summed E-state index contributed by atoms with van der Waals surface area (Å²) in [5.41, 5.74) is 1.81. The summed E-state index contributed by atoms with van der Waals surface area (Å²) in [6, 6.07) is 17.4. The van der Waals surface area contributed by atoms with Crippen LogP contribution in [0.3, 0.4) is 0 Å². The summed E-state index contributed by atoms with van der Waals surface area (Å²) in [7, 11) is 0. The number of benzene rings is 2. The molecule has 2 aromatic carbocycles. The molecule has 104 valence electrons. The minimum Gasteiger partial charge on any atom is -0.294 e. The smallest absolute Gasteiger partial charge is 0.163 e. The summed E-state index contributed by atoms with van der Waals surface area (Å²) in [6.07, 6.45) is 1.44. The molecule has 2 rings (SSSR count). The molecule has 0 spiro atoms. The molecule has 0 aromatic heterocycles. The number of carbonyl (C=O) groups excluding carboxylic acids is 1. The molecule has 0 fully saturated rings. The van der Waals surface area contributed by atoms with Crippen LogP contribution in [0.4, 0.5) is 0 Å². The Labute approximate surface area is 125 Å². The molecule has 0 N–H and O–H groups in total. The number of carbonyl (C=O) groups is 1. The second-order valence-electron chi connectivity index (χ2n) is 5.39. The van der Waals surface area contributed by atoms with Crippen molar-refractivity contribution in [3.63, 3.8) is 0 Å². The third kappa shape index (κ3) is 3.29. The third-order valence-electron chi connectivity index (χ3n) is 3.97. The molecular formula is C18H19ClO. The molecule has 0 amide bonds. The van der Waals surface area contributed by atoms with E-state index in [1.165, 1.54) is 5.56 Å². The first-order valence-corrected chi connectivity index (χ1v) is 7.27. The summed E-state index contributed by atoms with van der Waals surface area (Å²) in [5.74, 6) is 0.162. The Hall–Kier alpha value is -1.60. The molecule has 0 aliphatic rings. The molecule has 2 heteroatoms. The fourth-order valence-corrected chi connectivity index (χ4v) is 2.49. The number of halogens is 1. The maximum Gasteiger partial charge on any atom is 0.163 e. The van der Waals surface area contributed by atoms with Crippen LogP contribution in [0.1, 0.15) is 42.6 Å². The molecule has 20 heavy (non-hydrogen) atoms. The van der Waals surface area contributed by atoms with Crippen LogP contribution in [0.2, 0.25) is 5.02 Å². The Morgan fingerprint density at radius 1 is 1.05 bits per heavy atom. The molecule has 0 bridgehead atoms. The van der Waals surface area contributed by atoms with E-state index >= 15 is 0 Å². The number of ketones is 1. The molecule has 2 aromatic rings. The molecule has 0 aliphatic heterocycles. The minimum atomic E-state index is -0.127. The summed E-state index contributed by atoms with van der Waals surface area (Å²) in [4.78, 5) is 12.5. The van der Waals surface area contributed by atoms with Gasteiger partial charge in [-0.15, -0.1) is 0 Å². The Morgan fingerprint density at radius 3 is 2.20 bits per heavy atom. The molecule has 0 saturated heterocycles. The van der Waals surface area contributed by atoms with Crippen molar-refractivity contribution in [2.45, 2.75) is 32.1 Å². The van der Waals surface area contributed by atoms with Crippen molar-refractivity contribution in [2.24, 2.45) is 0 Å². The van der Waals surface area contributed by atoms with E-state index in [1.807, 2.05) is 18.2 Å². The zero-order valence-corrected chi connectivity index (χ0v) is 12.7. The van der Waals surface area contributed by atoms with E-state index in [1.54, 1.807) is 24.3 Å². The first-order valence-electron chi connectivity index (χ1n) is 6.89. The van der Waals surface area contributed by atoms with Gasteiger partial charge in [0.15, 0.2) is 5.78 Å². The van der Waals surface area contributed by atoms with Gasteiger partial charge < -0.3 is 0 Å². The largest absolute Gasteiger partial charge is 0.294 e. The highest BCUT2D eigenvalue weighted by atomic mass is 35.5. The molecule has 1 nitrogen and oxygen atoms in total. The summed E-state index contributed by atoms with van der Waals surface area (Å²) >= 11 is 5.86. The first kappa shape index (κ1) is 14.8. The number of Topliss-reactive ketones (excluding diaryl/α,β-unsaturated/α-hetero) is 1. The van der Waals surface area contributed by atoms with Crippen LogP contribution in [0.15, 0.2) is 54.6 Å². The van der Waals surface area contributed by atoms with Crippen LogP contribution in [-0.4, -0.2) is 5.78 Å². The van der Waals surface area contributed by atoms with Crippen molar-refractivity contribution in [1.82, 2.24) is 0 Å². The summed E-state index contributed by atoms with van der Waals surface area (Å²) in [6.45, 7) is 4.28. The van der Waals surface area contributed by atoms with Gasteiger partial charge in [0.2, 0.25) is 0 Å². The Morgan fingerprint density at radius 2 is 1.65 bits per heavy atom. The van der Waals surface area contributed by atoms with Crippen LogP contribution in [0, 0.1) is 0 Å². The normalized spacial score (nSPS) is 13.8. The van der Waals surface area contributed by atoms with Gasteiger partial charge in [-0.2, -0.15) is 0 Å². The van der Waals surface area contributed by atoms with Crippen LogP contribution in [-0.2, 0) is 5.41 Å². The number of hydrogen-bond acceptors (Lipinski definition) is 1. The lowest BCUT2D eigenvalue weighted by Gasteiger charge is -2.28. The van der Waals surface area contributed by atoms with Gasteiger partial charge >= 0.3 is 0 Å². The van der Waals surface area contributed by atoms with Gasteiger partial charge in [0.05, 0.1) is 0 Å². The SMILES string of the molecule is CCC(C)(CC(=O)c1ccc(Cl)cc1)c1ccccc1. The van der Waals surface area contributed by atoms with Crippen LogP contribution in [0.25, 0.3) is 0 Å². The fourth-order valence-electron chi connectivity index (χ4n) is 2.36. The maximum atomic E-state index is 12.5. The molecule has 0 aliphatic carbocycles. The Bertz CT molecular complexity index is 574. The molecule has 1 unspecified atom stereocenters. The van der Waals surface area contributed by atoms with Gasteiger partial charge in [-0.1, -0.05) is 55.8 Å². The van der Waals surface area contributed by atoms with E-state index < -0.39 is 0 Å². The summed E-state index contributed by atoms with van der Waals surface area (Å²) < 4.78 is 0. The van der Waals surface area contributed by atoms with Gasteiger partial charge in [-0.05, 0) is 41.7 Å². The number of rotatable bonds is 5. The predicted molar refractivity (Wildman–Crippen MR) is 84.5 cm³/mol. The fraction of sp³-hybridized carbons (Fsp3) is 0.278. The third-order valence-corrected chi connectivity index (χ3v) is 4.22. The first-order chi connectivity index (χ1) is 9.55. The number of hydrogen-bond donors (Lipinski definition) is 0. The van der Waals surface area contributed by atoms with E-state index in [0.29, 0.717) is 11.4 Å². The quantitative estimate of drug-likeness (QED) is 0.683. The molecular weight excluding hydrogens is 268 g/mol. The van der Waals surface area contributed by atoms with E-state index in [4.69, 9.17) is 11.6 Å². The standard InChI is InChI=1S/C18H19ClO/c1-3-18(2,15-7-5-4-6-8-15)13-17(20)14-9-11-16(19)12-10-14/h4-12H,3,13H2,1-2H3. The Kier molecular flexibility index (Phi) is 4.61. The van der Waals surface area contributed by atoms with Crippen molar-refractivity contribution >= 4 is 17.4 Å². The van der Waals surface area contributed by atoms with Crippen LogP contribution >= 0.6 is 11.6 Å². The highest BCUT2D eigenvalue weighted by molar-refractivity contribution is 6.30.